The Hall–Kier alpha value is -3.85. The van der Waals surface area contributed by atoms with Crippen LogP contribution in [-0.2, 0) is 6.61 Å². The second-order valence-corrected chi connectivity index (χ2v) is 7.57. The first-order chi connectivity index (χ1) is 15.4. The van der Waals surface area contributed by atoms with E-state index in [-0.39, 0.29) is 23.4 Å². The van der Waals surface area contributed by atoms with E-state index in [1.165, 1.54) is 30.5 Å². The SMILES string of the molecule is N#Cc1ccc(C(=O)N/N=C\c2ccc(OCc3cccc([N+](=O)[O-])c3)c(I)c2)c(F)c1. The molecule has 32 heavy (non-hydrogen) atoms. The number of carbonyl (C=O) groups is 1. The molecule has 3 rings (SSSR count). The second kappa shape index (κ2) is 10.5. The van der Waals surface area contributed by atoms with E-state index in [4.69, 9.17) is 10.00 Å². The second-order valence-electron chi connectivity index (χ2n) is 6.41. The minimum Gasteiger partial charge on any atom is -0.488 e. The molecule has 0 spiro atoms. The smallest absolute Gasteiger partial charge is 0.274 e. The van der Waals surface area contributed by atoms with Gasteiger partial charge in [-0.3, -0.25) is 14.9 Å². The zero-order valence-corrected chi connectivity index (χ0v) is 18.4. The van der Waals surface area contributed by atoms with Gasteiger partial charge in [0.05, 0.1) is 31.9 Å². The highest BCUT2D eigenvalue weighted by molar-refractivity contribution is 14.1. The Morgan fingerprint density at radius 1 is 1.25 bits per heavy atom. The molecule has 0 atom stereocenters. The molecule has 0 saturated heterocycles. The number of halogens is 2. The van der Waals surface area contributed by atoms with Crippen molar-refractivity contribution in [1.82, 2.24) is 5.43 Å². The average Bonchev–Trinajstić information content (AvgIpc) is 2.78. The van der Waals surface area contributed by atoms with Crippen LogP contribution in [0.5, 0.6) is 5.75 Å². The van der Waals surface area contributed by atoms with Crippen molar-refractivity contribution in [3.05, 3.63) is 102 Å². The van der Waals surface area contributed by atoms with Crippen LogP contribution in [-0.4, -0.2) is 17.0 Å². The third-order valence-corrected chi connectivity index (χ3v) is 5.04. The van der Waals surface area contributed by atoms with Crippen LogP contribution in [0.25, 0.3) is 0 Å². The third kappa shape index (κ3) is 5.86. The van der Waals surface area contributed by atoms with Gasteiger partial charge in [-0.25, -0.2) is 9.82 Å². The molecule has 0 heterocycles. The quantitative estimate of drug-likeness (QED) is 0.203. The molecule has 0 aliphatic heterocycles. The number of nitriles is 1. The monoisotopic (exact) mass is 544 g/mol. The lowest BCUT2D eigenvalue weighted by Crippen LogP contribution is -2.19. The molecule has 0 fully saturated rings. The lowest BCUT2D eigenvalue weighted by atomic mass is 10.1. The van der Waals surface area contributed by atoms with Gasteiger partial charge in [0.25, 0.3) is 11.6 Å². The molecule has 0 aromatic heterocycles. The van der Waals surface area contributed by atoms with E-state index in [2.05, 4.69) is 33.1 Å². The van der Waals surface area contributed by atoms with Gasteiger partial charge < -0.3 is 4.74 Å². The van der Waals surface area contributed by atoms with Gasteiger partial charge in [0, 0.05) is 12.1 Å². The fraction of sp³-hybridized carbons (Fsp3) is 0.0455. The van der Waals surface area contributed by atoms with Gasteiger partial charge in [-0.15, -0.1) is 0 Å². The molecule has 0 unspecified atom stereocenters. The predicted molar refractivity (Wildman–Crippen MR) is 123 cm³/mol. The Labute approximate surface area is 195 Å². The summed E-state index contributed by atoms with van der Waals surface area (Å²) >= 11 is 2.07. The van der Waals surface area contributed by atoms with Gasteiger partial charge in [-0.1, -0.05) is 12.1 Å². The van der Waals surface area contributed by atoms with Crippen LogP contribution in [0.2, 0.25) is 0 Å². The molecular weight excluding hydrogens is 530 g/mol. The first-order valence-corrected chi connectivity index (χ1v) is 10.1. The average molecular weight is 544 g/mol. The molecule has 0 aliphatic rings. The zero-order chi connectivity index (χ0) is 23.1. The molecule has 1 amide bonds. The number of nitrogens with zero attached hydrogens (tertiary/aromatic N) is 3. The van der Waals surface area contributed by atoms with Crippen LogP contribution in [0.4, 0.5) is 10.1 Å². The first-order valence-electron chi connectivity index (χ1n) is 9.06. The van der Waals surface area contributed by atoms with Crippen LogP contribution >= 0.6 is 22.6 Å². The number of benzene rings is 3. The van der Waals surface area contributed by atoms with Crippen molar-refractivity contribution in [2.75, 3.05) is 0 Å². The van der Waals surface area contributed by atoms with Gasteiger partial charge in [-0.2, -0.15) is 10.4 Å². The van der Waals surface area contributed by atoms with Crippen LogP contribution in [0.15, 0.2) is 65.8 Å². The first kappa shape index (κ1) is 22.8. The summed E-state index contributed by atoms with van der Waals surface area (Å²) in [6.07, 6.45) is 1.39. The number of hydrogen-bond donors (Lipinski definition) is 1. The van der Waals surface area contributed by atoms with Gasteiger partial charge in [0.15, 0.2) is 0 Å². The van der Waals surface area contributed by atoms with E-state index in [0.29, 0.717) is 16.9 Å². The summed E-state index contributed by atoms with van der Waals surface area (Å²) in [5.41, 5.74) is 3.46. The summed E-state index contributed by atoms with van der Waals surface area (Å²) in [5.74, 6) is -0.968. The van der Waals surface area contributed by atoms with Crippen molar-refractivity contribution in [3.63, 3.8) is 0 Å². The van der Waals surface area contributed by atoms with Crippen LogP contribution in [0.3, 0.4) is 0 Å². The molecule has 160 valence electrons. The minimum atomic E-state index is -0.809. The number of hydrazone groups is 1. The maximum Gasteiger partial charge on any atom is 0.274 e. The number of non-ortho nitro benzene ring substituents is 1. The lowest BCUT2D eigenvalue weighted by molar-refractivity contribution is -0.384. The fourth-order valence-corrected chi connectivity index (χ4v) is 3.32. The predicted octanol–water partition coefficient (Wildman–Crippen LogP) is 4.55. The molecule has 0 aliphatic carbocycles. The van der Waals surface area contributed by atoms with E-state index in [1.54, 1.807) is 36.4 Å². The molecule has 8 nitrogen and oxygen atoms in total. The summed E-state index contributed by atoms with van der Waals surface area (Å²) in [7, 11) is 0. The highest BCUT2D eigenvalue weighted by Gasteiger charge is 2.11. The number of nitro groups is 1. The summed E-state index contributed by atoms with van der Waals surface area (Å²) in [5, 5.41) is 23.4. The van der Waals surface area contributed by atoms with Crippen molar-refractivity contribution in [1.29, 1.82) is 5.26 Å². The van der Waals surface area contributed by atoms with Crippen molar-refractivity contribution in [2.24, 2.45) is 5.10 Å². The van der Waals surface area contributed by atoms with Gasteiger partial charge >= 0.3 is 0 Å². The summed E-state index contributed by atoms with van der Waals surface area (Å²) < 4.78 is 20.4. The normalized spacial score (nSPS) is 10.5. The zero-order valence-electron chi connectivity index (χ0n) is 16.3. The number of nitro benzene ring substituents is 1. The Morgan fingerprint density at radius 2 is 2.06 bits per heavy atom. The third-order valence-electron chi connectivity index (χ3n) is 4.19. The molecule has 0 saturated carbocycles. The number of nitrogens with one attached hydrogen (secondary N) is 1. The van der Waals surface area contributed by atoms with Gasteiger partial charge in [0.1, 0.15) is 18.2 Å². The van der Waals surface area contributed by atoms with Crippen LogP contribution in [0, 0.1) is 30.8 Å². The lowest BCUT2D eigenvalue weighted by Gasteiger charge is -2.09. The summed E-state index contributed by atoms with van der Waals surface area (Å²) in [6, 6.07) is 16.7. The summed E-state index contributed by atoms with van der Waals surface area (Å²) in [4.78, 5) is 22.5. The standard InChI is InChI=1S/C22H14FIN4O4/c23-19-9-14(11-25)4-6-18(19)22(29)27-26-12-15-5-7-21(20(24)10-15)32-13-16-2-1-3-17(8-16)28(30)31/h1-10,12H,13H2,(H,27,29)/b26-12-. The number of ether oxygens (including phenoxy) is 1. The molecule has 3 aromatic carbocycles. The van der Waals surface area contributed by atoms with E-state index >= 15 is 0 Å². The maximum absolute atomic E-state index is 13.9. The molecular formula is C22H14FIN4O4. The van der Waals surface area contributed by atoms with Crippen molar-refractivity contribution >= 4 is 40.4 Å². The highest BCUT2D eigenvalue weighted by Crippen LogP contribution is 2.23. The molecule has 3 aromatic rings. The van der Waals surface area contributed by atoms with Crippen LogP contribution in [0.1, 0.15) is 27.0 Å². The molecule has 1 N–H and O–H groups in total. The minimum absolute atomic E-state index is 0.00436. The molecule has 10 heteroatoms. The number of hydrogen-bond acceptors (Lipinski definition) is 6. The Kier molecular flexibility index (Phi) is 7.45. The number of amides is 1. The van der Waals surface area contributed by atoms with Crippen LogP contribution < -0.4 is 10.2 Å². The topological polar surface area (TPSA) is 118 Å². The molecule has 0 bridgehead atoms. The van der Waals surface area contributed by atoms with E-state index < -0.39 is 16.6 Å². The van der Waals surface area contributed by atoms with Crippen molar-refractivity contribution in [3.8, 4) is 11.8 Å². The highest BCUT2D eigenvalue weighted by atomic mass is 127. The molecule has 0 radical (unpaired) electrons. The number of carbonyl (C=O) groups excluding carboxylic acids is 1. The maximum atomic E-state index is 13.9. The Morgan fingerprint density at radius 3 is 2.75 bits per heavy atom. The van der Waals surface area contributed by atoms with E-state index in [1.807, 2.05) is 0 Å². The Bertz CT molecular complexity index is 1260. The van der Waals surface area contributed by atoms with E-state index in [9.17, 15) is 19.3 Å². The fourth-order valence-electron chi connectivity index (χ4n) is 2.63. The van der Waals surface area contributed by atoms with Gasteiger partial charge in [0.2, 0.25) is 0 Å². The van der Waals surface area contributed by atoms with Crippen molar-refractivity contribution in [2.45, 2.75) is 6.61 Å². The van der Waals surface area contributed by atoms with Crippen molar-refractivity contribution < 1.29 is 18.8 Å². The van der Waals surface area contributed by atoms with Gasteiger partial charge in [-0.05, 0) is 70.1 Å². The Balaban J connectivity index is 1.61. The van der Waals surface area contributed by atoms with E-state index in [0.717, 1.165) is 9.64 Å². The summed E-state index contributed by atoms with van der Waals surface area (Å²) in [6.45, 7) is 0.164. The number of rotatable bonds is 7. The largest absolute Gasteiger partial charge is 0.488 e.